The molecule has 3 nitrogen and oxygen atoms in total. The van der Waals surface area contributed by atoms with E-state index in [0.29, 0.717) is 6.04 Å². The van der Waals surface area contributed by atoms with Crippen LogP contribution in [0.3, 0.4) is 0 Å². The Hall–Kier alpha value is -1.06. The maximum absolute atomic E-state index is 11.2. The predicted octanol–water partition coefficient (Wildman–Crippen LogP) is 3.00. The maximum atomic E-state index is 11.2. The standard InChI is InChI=1S/C15H21ClN2O/c1-11(13-5-3-6-14(16)9-13)18-8-4-7-15(10-18)17-12(2)19/h3,5-6,9,11,15H,4,7-8,10H2,1-2H3,(H,17,19). The number of likely N-dealkylation sites (tertiary alicyclic amines) is 1. The molecule has 0 aromatic heterocycles. The first-order valence-electron chi connectivity index (χ1n) is 6.83. The number of nitrogens with one attached hydrogen (secondary N) is 1. The van der Waals surface area contributed by atoms with Crippen molar-refractivity contribution in [2.45, 2.75) is 38.8 Å². The Morgan fingerprint density at radius 3 is 3.00 bits per heavy atom. The van der Waals surface area contributed by atoms with Crippen molar-refractivity contribution in [3.05, 3.63) is 34.9 Å². The van der Waals surface area contributed by atoms with Crippen LogP contribution in [0.2, 0.25) is 5.02 Å². The zero-order valence-corrected chi connectivity index (χ0v) is 12.3. The predicted molar refractivity (Wildman–Crippen MR) is 78.3 cm³/mol. The topological polar surface area (TPSA) is 32.3 Å². The molecule has 1 fully saturated rings. The lowest BCUT2D eigenvalue weighted by Crippen LogP contribution is -2.47. The fourth-order valence-corrected chi connectivity index (χ4v) is 2.94. The molecule has 0 radical (unpaired) electrons. The largest absolute Gasteiger partial charge is 0.352 e. The van der Waals surface area contributed by atoms with E-state index in [9.17, 15) is 4.79 Å². The van der Waals surface area contributed by atoms with Gasteiger partial charge in [0.1, 0.15) is 0 Å². The van der Waals surface area contributed by atoms with E-state index < -0.39 is 0 Å². The van der Waals surface area contributed by atoms with Crippen molar-refractivity contribution in [3.63, 3.8) is 0 Å². The van der Waals surface area contributed by atoms with Gasteiger partial charge < -0.3 is 5.32 Å². The second-order valence-corrected chi connectivity index (χ2v) is 5.70. The highest BCUT2D eigenvalue weighted by molar-refractivity contribution is 6.30. The minimum Gasteiger partial charge on any atom is -0.352 e. The van der Waals surface area contributed by atoms with Gasteiger partial charge in [-0.15, -0.1) is 0 Å². The number of hydrogen-bond acceptors (Lipinski definition) is 2. The molecule has 4 heteroatoms. The number of rotatable bonds is 3. The lowest BCUT2D eigenvalue weighted by atomic mass is 10.0. The third kappa shape index (κ3) is 3.95. The molecule has 2 rings (SSSR count). The molecule has 1 saturated heterocycles. The molecule has 19 heavy (non-hydrogen) atoms. The average Bonchev–Trinajstić information content (AvgIpc) is 2.37. The number of nitrogens with zero attached hydrogens (tertiary/aromatic N) is 1. The number of halogens is 1. The molecular formula is C15H21ClN2O. The van der Waals surface area contributed by atoms with Crippen molar-refractivity contribution in [1.82, 2.24) is 10.2 Å². The first-order valence-corrected chi connectivity index (χ1v) is 7.20. The average molecular weight is 281 g/mol. The molecule has 2 atom stereocenters. The summed E-state index contributed by atoms with van der Waals surface area (Å²) in [5, 5.41) is 3.80. The van der Waals surface area contributed by atoms with E-state index in [0.717, 1.165) is 31.0 Å². The summed E-state index contributed by atoms with van der Waals surface area (Å²) in [6.45, 7) is 5.76. The van der Waals surface area contributed by atoms with Crippen LogP contribution in [0.4, 0.5) is 0 Å². The van der Waals surface area contributed by atoms with Crippen molar-refractivity contribution >= 4 is 17.5 Å². The molecule has 1 heterocycles. The van der Waals surface area contributed by atoms with Gasteiger partial charge in [0.25, 0.3) is 0 Å². The van der Waals surface area contributed by atoms with Gasteiger partial charge in [-0.2, -0.15) is 0 Å². The van der Waals surface area contributed by atoms with Gasteiger partial charge in [0, 0.05) is 30.6 Å². The summed E-state index contributed by atoms with van der Waals surface area (Å²) in [5.74, 6) is 0.0576. The molecule has 1 amide bonds. The third-order valence-corrected chi connectivity index (χ3v) is 3.97. The van der Waals surface area contributed by atoms with Crippen molar-refractivity contribution in [1.29, 1.82) is 0 Å². The van der Waals surface area contributed by atoms with Gasteiger partial charge >= 0.3 is 0 Å². The molecule has 0 bridgehead atoms. The Morgan fingerprint density at radius 2 is 2.32 bits per heavy atom. The Labute approximate surface area is 119 Å². The molecular weight excluding hydrogens is 260 g/mol. The normalized spacial score (nSPS) is 21.9. The van der Waals surface area contributed by atoms with Crippen LogP contribution in [-0.2, 0) is 4.79 Å². The monoisotopic (exact) mass is 280 g/mol. The molecule has 1 aliphatic heterocycles. The van der Waals surface area contributed by atoms with Crippen LogP contribution in [0.5, 0.6) is 0 Å². The first kappa shape index (κ1) is 14.4. The second-order valence-electron chi connectivity index (χ2n) is 5.27. The summed E-state index contributed by atoms with van der Waals surface area (Å²) in [6, 6.07) is 8.62. The summed E-state index contributed by atoms with van der Waals surface area (Å²) in [6.07, 6.45) is 2.19. The van der Waals surface area contributed by atoms with Gasteiger partial charge in [-0.25, -0.2) is 0 Å². The van der Waals surface area contributed by atoms with Gasteiger partial charge in [-0.3, -0.25) is 9.69 Å². The number of hydrogen-bond donors (Lipinski definition) is 1. The summed E-state index contributed by atoms with van der Waals surface area (Å²) >= 11 is 6.05. The second kappa shape index (κ2) is 6.40. The number of benzene rings is 1. The van der Waals surface area contributed by atoms with Gasteiger partial charge in [-0.1, -0.05) is 23.7 Å². The van der Waals surface area contributed by atoms with Crippen LogP contribution in [0.25, 0.3) is 0 Å². The van der Waals surface area contributed by atoms with Crippen molar-refractivity contribution in [2.24, 2.45) is 0 Å². The molecule has 1 aliphatic rings. The minimum atomic E-state index is 0.0576. The minimum absolute atomic E-state index is 0.0576. The highest BCUT2D eigenvalue weighted by Gasteiger charge is 2.24. The van der Waals surface area contributed by atoms with E-state index in [1.807, 2.05) is 18.2 Å². The summed E-state index contributed by atoms with van der Waals surface area (Å²) in [7, 11) is 0. The molecule has 0 aliphatic carbocycles. The molecule has 1 aromatic carbocycles. The summed E-state index contributed by atoms with van der Waals surface area (Å²) < 4.78 is 0. The lowest BCUT2D eigenvalue weighted by Gasteiger charge is -2.37. The Morgan fingerprint density at radius 1 is 1.53 bits per heavy atom. The van der Waals surface area contributed by atoms with Crippen LogP contribution >= 0.6 is 11.6 Å². The highest BCUT2D eigenvalue weighted by Crippen LogP contribution is 2.25. The summed E-state index contributed by atoms with van der Waals surface area (Å²) in [5.41, 5.74) is 1.23. The summed E-state index contributed by atoms with van der Waals surface area (Å²) in [4.78, 5) is 13.6. The molecule has 0 saturated carbocycles. The van der Waals surface area contributed by atoms with E-state index in [4.69, 9.17) is 11.6 Å². The van der Waals surface area contributed by atoms with Gasteiger partial charge in [-0.05, 0) is 44.0 Å². The van der Waals surface area contributed by atoms with E-state index in [1.54, 1.807) is 6.92 Å². The number of carbonyl (C=O) groups is 1. The fourth-order valence-electron chi connectivity index (χ4n) is 2.74. The van der Waals surface area contributed by atoms with Crippen molar-refractivity contribution in [2.75, 3.05) is 13.1 Å². The molecule has 1 N–H and O–H groups in total. The van der Waals surface area contributed by atoms with Crippen LogP contribution in [0, 0.1) is 0 Å². The quantitative estimate of drug-likeness (QED) is 0.923. The Balaban J connectivity index is 2.02. The van der Waals surface area contributed by atoms with Gasteiger partial charge in [0.05, 0.1) is 0 Å². The Kier molecular flexibility index (Phi) is 4.83. The lowest BCUT2D eigenvalue weighted by molar-refractivity contribution is -0.120. The molecule has 104 valence electrons. The fraction of sp³-hybridized carbons (Fsp3) is 0.533. The van der Waals surface area contributed by atoms with Crippen LogP contribution < -0.4 is 5.32 Å². The van der Waals surface area contributed by atoms with E-state index in [1.165, 1.54) is 5.56 Å². The molecule has 2 unspecified atom stereocenters. The van der Waals surface area contributed by atoms with Gasteiger partial charge in [0.2, 0.25) is 5.91 Å². The Bertz CT molecular complexity index is 450. The maximum Gasteiger partial charge on any atom is 0.217 e. The molecule has 1 aromatic rings. The SMILES string of the molecule is CC(=O)NC1CCCN(C(C)c2cccc(Cl)c2)C1. The van der Waals surface area contributed by atoms with Crippen molar-refractivity contribution in [3.8, 4) is 0 Å². The van der Waals surface area contributed by atoms with E-state index in [-0.39, 0.29) is 11.9 Å². The number of piperidine rings is 1. The van der Waals surface area contributed by atoms with Gasteiger partial charge in [0.15, 0.2) is 0 Å². The highest BCUT2D eigenvalue weighted by atomic mass is 35.5. The first-order chi connectivity index (χ1) is 9.06. The van der Waals surface area contributed by atoms with Crippen LogP contribution in [0.15, 0.2) is 24.3 Å². The van der Waals surface area contributed by atoms with E-state index in [2.05, 4.69) is 23.2 Å². The number of amides is 1. The molecule has 0 spiro atoms. The van der Waals surface area contributed by atoms with Crippen molar-refractivity contribution < 1.29 is 4.79 Å². The number of carbonyl (C=O) groups excluding carboxylic acids is 1. The zero-order chi connectivity index (χ0) is 13.8. The smallest absolute Gasteiger partial charge is 0.217 e. The van der Waals surface area contributed by atoms with Crippen LogP contribution in [0.1, 0.15) is 38.3 Å². The third-order valence-electron chi connectivity index (χ3n) is 3.74. The van der Waals surface area contributed by atoms with E-state index >= 15 is 0 Å². The van der Waals surface area contributed by atoms with Crippen LogP contribution in [-0.4, -0.2) is 29.9 Å². The zero-order valence-electron chi connectivity index (χ0n) is 11.5.